The SMILES string of the molecule is Nc1nc(C(=NOCF)C(=O)NC2C(=O)N3C(C(=O)O)=C(C=CSc4cc(=O)c5occc5s4)CS[C@@H]23)cs1. The Morgan fingerprint density at radius 1 is 1.44 bits per heavy atom. The number of furan rings is 1. The van der Waals surface area contributed by atoms with Crippen molar-refractivity contribution in [2.24, 2.45) is 5.16 Å². The molecule has 2 amide bonds. The molecular formula is C22H16FN5O7S4. The van der Waals surface area contributed by atoms with Crippen molar-refractivity contribution in [2.45, 2.75) is 15.6 Å². The van der Waals surface area contributed by atoms with E-state index in [4.69, 9.17) is 10.2 Å². The normalized spacial score (nSPS) is 19.4. The number of oxime groups is 1. The molecule has 5 rings (SSSR count). The van der Waals surface area contributed by atoms with Gasteiger partial charge in [-0.25, -0.2) is 14.2 Å². The minimum absolute atomic E-state index is 0.0383. The highest BCUT2D eigenvalue weighted by Crippen LogP contribution is 2.41. The smallest absolute Gasteiger partial charge is 0.352 e. The standard InChI is InChI=1S/C22H16FN5O7S4/c23-8-35-27-14(10-7-38-22(24)25-10)18(30)26-15-19(31)28-16(21(32)33)9(6-37-20(15)28)2-4-36-13-5-11(29)17-12(39-13)1-3-34-17/h1-5,7,15,20H,6,8H2,(H2,24,25)(H,26,30)(H,32,33)/t15?,20-/m0/s1. The molecule has 2 atom stereocenters. The van der Waals surface area contributed by atoms with Gasteiger partial charge < -0.3 is 25.4 Å². The van der Waals surface area contributed by atoms with Crippen molar-refractivity contribution in [2.75, 3.05) is 18.3 Å². The second-order valence-electron chi connectivity index (χ2n) is 7.75. The molecule has 0 saturated carbocycles. The van der Waals surface area contributed by atoms with E-state index in [0.29, 0.717) is 14.5 Å². The number of nitrogens with one attached hydrogen (secondary N) is 1. The van der Waals surface area contributed by atoms with Crippen LogP contribution in [0.4, 0.5) is 9.52 Å². The van der Waals surface area contributed by atoms with Crippen molar-refractivity contribution < 1.29 is 33.1 Å². The predicted molar refractivity (Wildman–Crippen MR) is 145 cm³/mol. The summed E-state index contributed by atoms with van der Waals surface area (Å²) in [5, 5.41) is 18.4. The summed E-state index contributed by atoms with van der Waals surface area (Å²) in [7, 11) is 0. The summed E-state index contributed by atoms with van der Waals surface area (Å²) < 4.78 is 19.1. The van der Waals surface area contributed by atoms with E-state index in [2.05, 4.69) is 20.3 Å². The highest BCUT2D eigenvalue weighted by Gasteiger charge is 2.54. The van der Waals surface area contributed by atoms with Crippen LogP contribution in [0.25, 0.3) is 10.3 Å². The van der Waals surface area contributed by atoms with Crippen LogP contribution in [-0.4, -0.2) is 62.5 Å². The Hall–Kier alpha value is -3.67. The number of allylic oxidation sites excluding steroid dienone is 1. The van der Waals surface area contributed by atoms with Gasteiger partial charge in [-0.1, -0.05) is 16.9 Å². The Morgan fingerprint density at radius 3 is 2.97 bits per heavy atom. The maximum Gasteiger partial charge on any atom is 0.352 e. The molecule has 0 spiro atoms. The minimum Gasteiger partial charge on any atom is -0.477 e. The lowest BCUT2D eigenvalue weighted by Crippen LogP contribution is -2.71. The molecular weight excluding hydrogens is 594 g/mol. The molecule has 1 unspecified atom stereocenters. The number of β-lactam (4-membered cyclic amide) rings is 1. The Labute approximate surface area is 234 Å². The lowest BCUT2D eigenvalue weighted by atomic mass is 10.0. The number of rotatable bonds is 9. The van der Waals surface area contributed by atoms with E-state index >= 15 is 0 Å². The van der Waals surface area contributed by atoms with E-state index in [1.165, 1.54) is 52.6 Å². The molecule has 4 N–H and O–H groups in total. The van der Waals surface area contributed by atoms with Crippen molar-refractivity contribution in [1.29, 1.82) is 0 Å². The van der Waals surface area contributed by atoms with Crippen LogP contribution in [0.2, 0.25) is 0 Å². The maximum absolute atomic E-state index is 13.0. The van der Waals surface area contributed by atoms with Gasteiger partial charge in [0.15, 0.2) is 16.4 Å². The number of hydrogen-bond donors (Lipinski definition) is 3. The zero-order valence-corrected chi connectivity index (χ0v) is 22.6. The van der Waals surface area contributed by atoms with Gasteiger partial charge in [0.1, 0.15) is 22.8 Å². The fourth-order valence-corrected chi connectivity index (χ4v) is 7.56. The molecule has 1 fully saturated rings. The van der Waals surface area contributed by atoms with Crippen LogP contribution in [0.1, 0.15) is 5.69 Å². The summed E-state index contributed by atoms with van der Waals surface area (Å²) in [6.07, 6.45) is 3.02. The number of anilines is 1. The minimum atomic E-state index is -1.30. The zero-order chi connectivity index (χ0) is 27.7. The van der Waals surface area contributed by atoms with Crippen LogP contribution in [0.3, 0.4) is 0 Å². The monoisotopic (exact) mass is 609 g/mol. The third-order valence-corrected chi connectivity index (χ3v) is 9.43. The second kappa shape index (κ2) is 11.2. The number of aliphatic carboxylic acids is 1. The first-order valence-electron chi connectivity index (χ1n) is 10.8. The van der Waals surface area contributed by atoms with Crippen LogP contribution in [-0.2, 0) is 19.2 Å². The molecule has 1 saturated heterocycles. The van der Waals surface area contributed by atoms with Gasteiger partial charge in [-0.2, -0.15) is 0 Å². The number of carbonyl (C=O) groups excluding carboxylic acids is 2. The molecule has 3 aromatic rings. The summed E-state index contributed by atoms with van der Waals surface area (Å²) in [5.41, 5.74) is 5.47. The number of aromatic nitrogens is 1. The third kappa shape index (κ3) is 5.29. The summed E-state index contributed by atoms with van der Waals surface area (Å²) >= 11 is 4.88. The average Bonchev–Trinajstić information content (AvgIpc) is 3.56. The van der Waals surface area contributed by atoms with Crippen LogP contribution in [0.5, 0.6) is 0 Å². The molecule has 2 aliphatic heterocycles. The van der Waals surface area contributed by atoms with E-state index in [1.54, 1.807) is 17.6 Å². The Balaban J connectivity index is 1.31. The molecule has 5 heterocycles. The van der Waals surface area contributed by atoms with Gasteiger partial charge in [0.25, 0.3) is 18.7 Å². The lowest BCUT2D eigenvalue weighted by Gasteiger charge is -2.49. The van der Waals surface area contributed by atoms with Crippen molar-refractivity contribution in [3.05, 3.63) is 62.4 Å². The number of hydrogen-bond acceptors (Lipinski definition) is 13. The van der Waals surface area contributed by atoms with Crippen LogP contribution in [0.15, 0.2) is 65.1 Å². The maximum atomic E-state index is 13.0. The first-order chi connectivity index (χ1) is 18.8. The summed E-state index contributed by atoms with van der Waals surface area (Å²) in [5.74, 6) is -2.55. The molecule has 202 valence electrons. The highest BCUT2D eigenvalue weighted by molar-refractivity contribution is 8.04. The van der Waals surface area contributed by atoms with Crippen LogP contribution in [0, 0.1) is 0 Å². The Kier molecular flexibility index (Phi) is 7.74. The molecule has 0 radical (unpaired) electrons. The second-order valence-corrected chi connectivity index (χ2v) is 12.0. The van der Waals surface area contributed by atoms with E-state index in [9.17, 15) is 28.7 Å². The number of nitrogens with two attached hydrogens (primary N) is 1. The summed E-state index contributed by atoms with van der Waals surface area (Å²) in [4.78, 5) is 59.5. The number of halogens is 1. The molecule has 0 bridgehead atoms. The van der Waals surface area contributed by atoms with Crippen LogP contribution >= 0.6 is 46.2 Å². The number of carboxylic acids is 1. The first kappa shape index (κ1) is 26.9. The van der Waals surface area contributed by atoms with E-state index in [0.717, 1.165) is 16.2 Å². The number of nitrogen functional groups attached to an aromatic ring is 1. The lowest BCUT2D eigenvalue weighted by molar-refractivity contribution is -0.150. The number of alkyl halides is 1. The van der Waals surface area contributed by atoms with E-state index in [-0.39, 0.29) is 39.0 Å². The quantitative estimate of drug-likeness (QED) is 0.141. The highest BCUT2D eigenvalue weighted by atomic mass is 32.2. The van der Waals surface area contributed by atoms with Gasteiger partial charge in [0.2, 0.25) is 5.43 Å². The largest absolute Gasteiger partial charge is 0.477 e. The van der Waals surface area contributed by atoms with Gasteiger partial charge in [-0.15, -0.1) is 34.4 Å². The molecule has 17 heteroatoms. The van der Waals surface area contributed by atoms with E-state index in [1.807, 2.05) is 0 Å². The Bertz CT molecular complexity index is 1630. The van der Waals surface area contributed by atoms with Gasteiger partial charge in [0.05, 0.1) is 15.2 Å². The fourth-order valence-electron chi connectivity index (χ4n) is 3.78. The van der Waals surface area contributed by atoms with Gasteiger partial charge in [-0.05, 0) is 23.1 Å². The number of thioether (sulfide) groups is 2. The third-order valence-electron chi connectivity index (χ3n) is 5.44. The van der Waals surface area contributed by atoms with Crippen LogP contribution < -0.4 is 16.5 Å². The van der Waals surface area contributed by atoms with Crippen molar-refractivity contribution in [1.82, 2.24) is 15.2 Å². The molecule has 0 aromatic carbocycles. The molecule has 3 aromatic heterocycles. The predicted octanol–water partition coefficient (Wildman–Crippen LogP) is 2.59. The molecule has 39 heavy (non-hydrogen) atoms. The number of thiazole rings is 1. The van der Waals surface area contributed by atoms with Gasteiger partial charge >= 0.3 is 5.97 Å². The number of carbonyl (C=O) groups is 3. The van der Waals surface area contributed by atoms with Gasteiger partial charge in [-0.3, -0.25) is 19.3 Å². The number of carboxylic acid groups (broad SMARTS) is 1. The molecule has 12 nitrogen and oxygen atoms in total. The topological polar surface area (TPSA) is 177 Å². The number of amides is 2. The Morgan fingerprint density at radius 2 is 2.26 bits per heavy atom. The van der Waals surface area contributed by atoms with Gasteiger partial charge in [0, 0.05) is 17.2 Å². The zero-order valence-electron chi connectivity index (χ0n) is 19.4. The molecule has 0 aliphatic carbocycles. The number of nitrogens with zero attached hydrogens (tertiary/aromatic N) is 3. The number of fused-ring (bicyclic) bond motifs is 2. The van der Waals surface area contributed by atoms with Crippen molar-refractivity contribution in [3.63, 3.8) is 0 Å². The van der Waals surface area contributed by atoms with E-state index < -0.39 is 36.1 Å². The first-order valence-corrected chi connectivity index (χ1v) is 14.4. The molecule has 2 aliphatic rings. The summed E-state index contributed by atoms with van der Waals surface area (Å²) in [6, 6.07) is 2.08. The average molecular weight is 610 g/mol. The fraction of sp³-hybridized carbons (Fsp3) is 0.182. The summed E-state index contributed by atoms with van der Waals surface area (Å²) in [6.45, 7) is -1.29. The van der Waals surface area contributed by atoms with Crippen molar-refractivity contribution in [3.8, 4) is 0 Å². The van der Waals surface area contributed by atoms with Crippen molar-refractivity contribution >= 4 is 85.1 Å².